The van der Waals surface area contributed by atoms with Gasteiger partial charge in [-0.15, -0.1) is 11.3 Å². The van der Waals surface area contributed by atoms with E-state index in [0.717, 1.165) is 37.0 Å². The first kappa shape index (κ1) is 12.0. The Hall–Kier alpha value is -0.490. The maximum absolute atomic E-state index is 5.56. The number of thiazole rings is 1. The van der Waals surface area contributed by atoms with Gasteiger partial charge in [0, 0.05) is 30.6 Å². The highest BCUT2D eigenvalue weighted by atomic mass is 32.1. The third-order valence-electron chi connectivity index (χ3n) is 2.94. The van der Waals surface area contributed by atoms with Gasteiger partial charge < -0.3 is 10.5 Å². The molecule has 2 heterocycles. The predicted octanol–water partition coefficient (Wildman–Crippen LogP) is 1.21. The highest BCUT2D eigenvalue weighted by Gasteiger charge is 2.30. The van der Waals surface area contributed by atoms with Crippen LogP contribution in [0.4, 0.5) is 0 Å². The Morgan fingerprint density at radius 1 is 1.62 bits per heavy atom. The van der Waals surface area contributed by atoms with E-state index in [2.05, 4.69) is 29.1 Å². The average Bonchev–Trinajstić information content (AvgIpc) is 2.69. The van der Waals surface area contributed by atoms with Gasteiger partial charge in [-0.1, -0.05) is 0 Å². The molecule has 0 saturated carbocycles. The molecule has 0 atom stereocenters. The summed E-state index contributed by atoms with van der Waals surface area (Å²) >= 11 is 1.64. The van der Waals surface area contributed by atoms with Crippen molar-refractivity contribution >= 4 is 11.3 Å². The van der Waals surface area contributed by atoms with Crippen molar-refractivity contribution in [3.8, 4) is 0 Å². The Morgan fingerprint density at radius 2 is 2.44 bits per heavy atom. The lowest BCUT2D eigenvalue weighted by atomic mass is 10.0. The van der Waals surface area contributed by atoms with Crippen LogP contribution in [-0.2, 0) is 17.8 Å². The second-order valence-corrected chi connectivity index (χ2v) is 5.67. The first-order valence-corrected chi connectivity index (χ1v) is 6.46. The van der Waals surface area contributed by atoms with E-state index < -0.39 is 0 Å². The molecular weight excluding hydrogens is 222 g/mol. The lowest BCUT2D eigenvalue weighted by Crippen LogP contribution is -2.52. The van der Waals surface area contributed by atoms with Crippen molar-refractivity contribution in [2.45, 2.75) is 32.5 Å². The Balaban J connectivity index is 2.02. The number of morpholine rings is 1. The maximum Gasteiger partial charge on any atom is 0.106 e. The quantitative estimate of drug-likeness (QED) is 0.864. The van der Waals surface area contributed by atoms with Gasteiger partial charge in [0.15, 0.2) is 0 Å². The van der Waals surface area contributed by atoms with Crippen LogP contribution in [0, 0.1) is 0 Å². The molecule has 0 aromatic carbocycles. The topological polar surface area (TPSA) is 51.4 Å². The molecule has 0 spiro atoms. The molecule has 2 N–H and O–H groups in total. The van der Waals surface area contributed by atoms with E-state index in [1.807, 2.05) is 0 Å². The van der Waals surface area contributed by atoms with Crippen molar-refractivity contribution in [2.75, 3.05) is 19.8 Å². The number of hydrogen-bond donors (Lipinski definition) is 1. The molecule has 90 valence electrons. The highest BCUT2D eigenvalue weighted by Crippen LogP contribution is 2.22. The summed E-state index contributed by atoms with van der Waals surface area (Å²) < 4.78 is 5.50. The van der Waals surface area contributed by atoms with E-state index in [0.29, 0.717) is 6.54 Å². The maximum atomic E-state index is 5.56. The number of ether oxygens (including phenoxy) is 1. The molecule has 16 heavy (non-hydrogen) atoms. The smallest absolute Gasteiger partial charge is 0.106 e. The van der Waals surface area contributed by atoms with Crippen LogP contribution in [0.2, 0.25) is 0 Å². The molecule has 0 aliphatic carbocycles. The summed E-state index contributed by atoms with van der Waals surface area (Å²) in [6, 6.07) is 0. The number of aromatic nitrogens is 1. The van der Waals surface area contributed by atoms with Gasteiger partial charge in [0.1, 0.15) is 5.01 Å². The molecule has 0 amide bonds. The molecule has 1 aromatic rings. The van der Waals surface area contributed by atoms with Gasteiger partial charge in [-0.05, 0) is 13.8 Å². The van der Waals surface area contributed by atoms with Gasteiger partial charge in [-0.2, -0.15) is 0 Å². The summed E-state index contributed by atoms with van der Waals surface area (Å²) in [5.41, 5.74) is 6.79. The number of nitrogens with zero attached hydrogens (tertiary/aromatic N) is 2. The molecule has 0 radical (unpaired) electrons. The summed E-state index contributed by atoms with van der Waals surface area (Å²) in [5, 5.41) is 3.12. The molecule has 1 fully saturated rings. The SMILES string of the molecule is CC1(C)COCCN1Cc1csc(CN)n1. The molecule has 2 rings (SSSR count). The van der Waals surface area contributed by atoms with Crippen molar-refractivity contribution < 1.29 is 4.74 Å². The third kappa shape index (κ3) is 2.60. The first-order valence-electron chi connectivity index (χ1n) is 5.58. The Labute approximate surface area is 100 Å². The third-order valence-corrected chi connectivity index (χ3v) is 3.86. The minimum atomic E-state index is 0.102. The fraction of sp³-hybridized carbons (Fsp3) is 0.727. The van der Waals surface area contributed by atoms with Crippen molar-refractivity contribution in [3.05, 3.63) is 16.1 Å². The molecule has 1 aromatic heterocycles. The van der Waals surface area contributed by atoms with E-state index in [1.165, 1.54) is 0 Å². The van der Waals surface area contributed by atoms with E-state index >= 15 is 0 Å². The molecule has 0 bridgehead atoms. The molecule has 0 unspecified atom stereocenters. The van der Waals surface area contributed by atoms with Gasteiger partial charge in [-0.3, -0.25) is 4.90 Å². The number of nitrogens with two attached hydrogens (primary N) is 1. The Bertz CT molecular complexity index is 351. The molecule has 1 aliphatic heterocycles. The van der Waals surface area contributed by atoms with E-state index in [1.54, 1.807) is 11.3 Å². The van der Waals surface area contributed by atoms with Gasteiger partial charge in [0.25, 0.3) is 0 Å². The second kappa shape index (κ2) is 4.79. The molecule has 4 nitrogen and oxygen atoms in total. The second-order valence-electron chi connectivity index (χ2n) is 4.72. The minimum Gasteiger partial charge on any atom is -0.378 e. The summed E-state index contributed by atoms with van der Waals surface area (Å²) in [4.78, 5) is 6.92. The Morgan fingerprint density at radius 3 is 3.06 bits per heavy atom. The fourth-order valence-corrected chi connectivity index (χ4v) is 2.56. The van der Waals surface area contributed by atoms with E-state index in [4.69, 9.17) is 10.5 Å². The van der Waals surface area contributed by atoms with Crippen molar-refractivity contribution in [3.63, 3.8) is 0 Å². The highest BCUT2D eigenvalue weighted by molar-refractivity contribution is 7.09. The van der Waals surface area contributed by atoms with Crippen LogP contribution < -0.4 is 5.73 Å². The van der Waals surface area contributed by atoms with Gasteiger partial charge >= 0.3 is 0 Å². The summed E-state index contributed by atoms with van der Waals surface area (Å²) in [6.07, 6.45) is 0. The number of rotatable bonds is 3. The summed E-state index contributed by atoms with van der Waals surface area (Å²) in [6.45, 7) is 8.44. The van der Waals surface area contributed by atoms with Crippen LogP contribution in [0.3, 0.4) is 0 Å². The van der Waals surface area contributed by atoms with Gasteiger partial charge in [0.2, 0.25) is 0 Å². The normalized spacial score (nSPS) is 21.2. The summed E-state index contributed by atoms with van der Waals surface area (Å²) in [7, 11) is 0. The fourth-order valence-electron chi connectivity index (χ4n) is 1.89. The molecule has 1 saturated heterocycles. The van der Waals surface area contributed by atoms with Crippen LogP contribution in [0.5, 0.6) is 0 Å². The van der Waals surface area contributed by atoms with Crippen LogP contribution in [0.15, 0.2) is 5.38 Å². The molecule has 1 aliphatic rings. The van der Waals surface area contributed by atoms with Crippen molar-refractivity contribution in [2.24, 2.45) is 5.73 Å². The van der Waals surface area contributed by atoms with E-state index in [-0.39, 0.29) is 5.54 Å². The zero-order chi connectivity index (χ0) is 11.6. The average molecular weight is 241 g/mol. The predicted molar refractivity (Wildman–Crippen MR) is 65.3 cm³/mol. The summed E-state index contributed by atoms with van der Waals surface area (Å²) in [5.74, 6) is 0. The van der Waals surface area contributed by atoms with E-state index in [9.17, 15) is 0 Å². The van der Waals surface area contributed by atoms with Gasteiger partial charge in [0.05, 0.1) is 18.9 Å². The van der Waals surface area contributed by atoms with Crippen LogP contribution in [-0.4, -0.2) is 35.2 Å². The van der Waals surface area contributed by atoms with Crippen molar-refractivity contribution in [1.29, 1.82) is 0 Å². The first-order chi connectivity index (χ1) is 7.62. The van der Waals surface area contributed by atoms with Crippen molar-refractivity contribution in [1.82, 2.24) is 9.88 Å². The van der Waals surface area contributed by atoms with Crippen LogP contribution in [0.1, 0.15) is 24.5 Å². The lowest BCUT2D eigenvalue weighted by Gasteiger charge is -2.41. The van der Waals surface area contributed by atoms with Gasteiger partial charge in [-0.25, -0.2) is 4.98 Å². The number of hydrogen-bond acceptors (Lipinski definition) is 5. The van der Waals surface area contributed by atoms with Crippen LogP contribution >= 0.6 is 11.3 Å². The molecule has 5 heteroatoms. The lowest BCUT2D eigenvalue weighted by molar-refractivity contribution is -0.0557. The largest absolute Gasteiger partial charge is 0.378 e. The molecular formula is C11H19N3OS. The zero-order valence-electron chi connectivity index (χ0n) is 9.90. The Kier molecular flexibility index (Phi) is 3.59. The zero-order valence-corrected chi connectivity index (χ0v) is 10.7. The standard InChI is InChI=1S/C11H19N3OS/c1-11(2)8-15-4-3-14(11)6-9-7-16-10(5-12)13-9/h7H,3-6,8,12H2,1-2H3. The monoisotopic (exact) mass is 241 g/mol. The minimum absolute atomic E-state index is 0.102. The van der Waals surface area contributed by atoms with Crippen LogP contribution in [0.25, 0.3) is 0 Å².